The van der Waals surface area contributed by atoms with Gasteiger partial charge in [0.2, 0.25) is 0 Å². The van der Waals surface area contributed by atoms with Crippen LogP contribution in [-0.2, 0) is 9.53 Å². The van der Waals surface area contributed by atoms with Crippen molar-refractivity contribution in [1.29, 1.82) is 0 Å². The highest BCUT2D eigenvalue weighted by atomic mass is 16.6. The highest BCUT2D eigenvalue weighted by molar-refractivity contribution is 5.87. The van der Waals surface area contributed by atoms with Gasteiger partial charge in [0, 0.05) is 6.04 Å². The number of hydrogen-bond donors (Lipinski definition) is 1. The highest BCUT2D eigenvalue weighted by Gasteiger charge is 2.23. The number of alkyl carbamates (subject to hydrolysis) is 1. The largest absolute Gasteiger partial charge is 0.444 e. The van der Waals surface area contributed by atoms with Gasteiger partial charge in [-0.1, -0.05) is 6.08 Å². The fourth-order valence-electron chi connectivity index (χ4n) is 2.20. The zero-order valence-electron chi connectivity index (χ0n) is 12.4. The average molecular weight is 267 g/mol. The molecule has 1 aliphatic carbocycles. The molecule has 0 aromatic heterocycles. The Balaban J connectivity index is 2.30. The van der Waals surface area contributed by atoms with E-state index >= 15 is 0 Å². The number of nitrogens with one attached hydrogen (secondary N) is 1. The second kappa shape index (κ2) is 6.73. The number of hydrogen-bond acceptors (Lipinski definition) is 3. The van der Waals surface area contributed by atoms with Crippen LogP contribution < -0.4 is 5.32 Å². The molecule has 1 saturated carbocycles. The monoisotopic (exact) mass is 267 g/mol. The lowest BCUT2D eigenvalue weighted by atomic mass is 9.86. The molecule has 0 saturated heterocycles. The molecule has 1 amide bonds. The average Bonchev–Trinajstić information content (AvgIpc) is 2.25. The quantitative estimate of drug-likeness (QED) is 0.799. The number of carbonyl (C=O) groups is 2. The zero-order valence-corrected chi connectivity index (χ0v) is 12.4. The lowest BCUT2D eigenvalue weighted by Crippen LogP contribution is -2.40. The Hall–Kier alpha value is -1.32. The minimum atomic E-state index is -0.453. The molecule has 1 N–H and O–H groups in total. The Morgan fingerprint density at radius 2 is 1.74 bits per heavy atom. The molecule has 108 valence electrons. The van der Waals surface area contributed by atoms with Gasteiger partial charge < -0.3 is 10.1 Å². The normalized spacial score (nSPS) is 24.2. The molecule has 1 aliphatic rings. The number of rotatable bonds is 3. The van der Waals surface area contributed by atoms with Crippen molar-refractivity contribution in [3.63, 3.8) is 0 Å². The first-order valence-corrected chi connectivity index (χ1v) is 6.94. The van der Waals surface area contributed by atoms with Crippen LogP contribution >= 0.6 is 0 Å². The molecule has 0 aromatic carbocycles. The van der Waals surface area contributed by atoms with E-state index in [0.29, 0.717) is 5.92 Å². The summed E-state index contributed by atoms with van der Waals surface area (Å²) >= 11 is 0. The van der Waals surface area contributed by atoms with Crippen LogP contribution in [0.4, 0.5) is 4.79 Å². The van der Waals surface area contributed by atoms with Gasteiger partial charge in [-0.25, -0.2) is 4.79 Å². The van der Waals surface area contributed by atoms with Gasteiger partial charge in [-0.05, 0) is 65.4 Å². The molecule has 19 heavy (non-hydrogen) atoms. The summed E-state index contributed by atoms with van der Waals surface area (Å²) in [5.74, 6) is 0.551. The van der Waals surface area contributed by atoms with Crippen LogP contribution in [0.15, 0.2) is 12.2 Å². The minimum absolute atomic E-state index is 0.0917. The van der Waals surface area contributed by atoms with Gasteiger partial charge in [0.05, 0.1) is 0 Å². The topological polar surface area (TPSA) is 55.4 Å². The van der Waals surface area contributed by atoms with Crippen LogP contribution in [0.25, 0.3) is 0 Å². The lowest BCUT2D eigenvalue weighted by molar-refractivity contribution is -0.112. The van der Waals surface area contributed by atoms with E-state index in [9.17, 15) is 9.59 Å². The van der Waals surface area contributed by atoms with Crippen molar-refractivity contribution in [2.24, 2.45) is 5.92 Å². The Kier molecular flexibility index (Phi) is 5.58. The summed E-state index contributed by atoms with van der Waals surface area (Å²) in [4.78, 5) is 22.5. The van der Waals surface area contributed by atoms with Gasteiger partial charge >= 0.3 is 6.09 Å². The predicted octanol–water partition coefficient (Wildman–Crippen LogP) is 3.22. The number of amides is 1. The van der Waals surface area contributed by atoms with Crippen molar-refractivity contribution in [2.75, 3.05) is 0 Å². The third-order valence-electron chi connectivity index (χ3n) is 3.10. The Bertz CT molecular complexity index is 347. The van der Waals surface area contributed by atoms with E-state index in [2.05, 4.69) is 5.32 Å². The smallest absolute Gasteiger partial charge is 0.407 e. The summed E-state index contributed by atoms with van der Waals surface area (Å²) in [6.45, 7) is 7.13. The highest BCUT2D eigenvalue weighted by Crippen LogP contribution is 2.25. The Morgan fingerprint density at radius 3 is 2.21 bits per heavy atom. The van der Waals surface area contributed by atoms with Crippen molar-refractivity contribution in [3.05, 3.63) is 12.2 Å². The van der Waals surface area contributed by atoms with Crippen LogP contribution in [0.1, 0.15) is 53.4 Å². The van der Waals surface area contributed by atoms with Crippen molar-refractivity contribution in [1.82, 2.24) is 5.32 Å². The second-order valence-electron chi connectivity index (χ2n) is 6.23. The van der Waals surface area contributed by atoms with Gasteiger partial charge in [0.15, 0.2) is 5.78 Å². The van der Waals surface area contributed by atoms with Gasteiger partial charge in [-0.15, -0.1) is 0 Å². The van der Waals surface area contributed by atoms with Crippen LogP contribution in [0.2, 0.25) is 0 Å². The van der Waals surface area contributed by atoms with Crippen LogP contribution in [0.3, 0.4) is 0 Å². The van der Waals surface area contributed by atoms with Gasteiger partial charge in [0.1, 0.15) is 5.60 Å². The molecule has 0 unspecified atom stereocenters. The third kappa shape index (κ3) is 6.99. The van der Waals surface area contributed by atoms with E-state index in [0.717, 1.165) is 25.7 Å². The Labute approximate surface area is 115 Å². The van der Waals surface area contributed by atoms with E-state index in [1.54, 1.807) is 13.0 Å². The molecule has 0 aliphatic heterocycles. The van der Waals surface area contributed by atoms with Crippen LogP contribution in [-0.4, -0.2) is 23.5 Å². The van der Waals surface area contributed by atoms with E-state index in [-0.39, 0.29) is 17.9 Å². The first kappa shape index (κ1) is 15.7. The SMILES string of the molecule is CC(=O)C=C[C@H]1CC[C@H](NC(=O)OC(C)(C)C)CC1. The standard InChI is InChI=1S/C15H25NO3/c1-11(17)5-6-12-7-9-13(10-8-12)16-14(18)19-15(2,3)4/h5-6,12-13H,7-10H2,1-4H3,(H,16,18)/t12-,13-. The van der Waals surface area contributed by atoms with Gasteiger partial charge in [0.25, 0.3) is 0 Å². The first-order chi connectivity index (χ1) is 8.76. The van der Waals surface area contributed by atoms with Gasteiger partial charge in [-0.2, -0.15) is 0 Å². The molecule has 1 fully saturated rings. The summed E-state index contributed by atoms with van der Waals surface area (Å²) in [5.41, 5.74) is -0.453. The van der Waals surface area contributed by atoms with Crippen LogP contribution in [0, 0.1) is 5.92 Å². The molecule has 4 nitrogen and oxygen atoms in total. The number of ether oxygens (including phenoxy) is 1. The number of allylic oxidation sites excluding steroid dienone is 2. The fraction of sp³-hybridized carbons (Fsp3) is 0.733. The number of carbonyl (C=O) groups excluding carboxylic acids is 2. The van der Waals surface area contributed by atoms with Crippen molar-refractivity contribution < 1.29 is 14.3 Å². The molecule has 4 heteroatoms. The summed E-state index contributed by atoms with van der Waals surface area (Å²) in [6, 6.07) is 0.192. The lowest BCUT2D eigenvalue weighted by Gasteiger charge is -2.28. The summed E-state index contributed by atoms with van der Waals surface area (Å²) in [5, 5.41) is 2.91. The maximum absolute atomic E-state index is 11.6. The molecule has 0 radical (unpaired) electrons. The van der Waals surface area contributed by atoms with Crippen LogP contribution in [0.5, 0.6) is 0 Å². The maximum Gasteiger partial charge on any atom is 0.407 e. The molecule has 0 spiro atoms. The van der Waals surface area contributed by atoms with E-state index in [1.807, 2.05) is 26.8 Å². The molecule has 1 rings (SSSR count). The number of ketones is 1. The minimum Gasteiger partial charge on any atom is -0.444 e. The van der Waals surface area contributed by atoms with E-state index < -0.39 is 5.60 Å². The zero-order chi connectivity index (χ0) is 14.5. The summed E-state index contributed by atoms with van der Waals surface area (Å²) in [6.07, 6.45) is 7.18. The van der Waals surface area contributed by atoms with Gasteiger partial charge in [-0.3, -0.25) is 4.79 Å². The molecular weight excluding hydrogens is 242 g/mol. The Morgan fingerprint density at radius 1 is 1.16 bits per heavy atom. The molecular formula is C15H25NO3. The molecule has 0 heterocycles. The predicted molar refractivity (Wildman–Crippen MR) is 74.9 cm³/mol. The molecule has 0 bridgehead atoms. The second-order valence-corrected chi connectivity index (χ2v) is 6.23. The van der Waals surface area contributed by atoms with Crippen molar-refractivity contribution in [3.8, 4) is 0 Å². The maximum atomic E-state index is 11.6. The van der Waals surface area contributed by atoms with Crippen molar-refractivity contribution >= 4 is 11.9 Å². The fourth-order valence-corrected chi connectivity index (χ4v) is 2.20. The van der Waals surface area contributed by atoms with E-state index in [1.165, 1.54) is 0 Å². The first-order valence-electron chi connectivity index (χ1n) is 6.94. The molecule has 0 aromatic rings. The summed E-state index contributed by atoms with van der Waals surface area (Å²) < 4.78 is 5.24. The summed E-state index contributed by atoms with van der Waals surface area (Å²) in [7, 11) is 0. The van der Waals surface area contributed by atoms with Crippen molar-refractivity contribution in [2.45, 2.75) is 65.0 Å². The van der Waals surface area contributed by atoms with E-state index in [4.69, 9.17) is 4.74 Å². The third-order valence-corrected chi connectivity index (χ3v) is 3.10. The molecule has 0 atom stereocenters.